The van der Waals surface area contributed by atoms with E-state index in [0.29, 0.717) is 0 Å². The summed E-state index contributed by atoms with van der Waals surface area (Å²) in [5.74, 6) is 0. The van der Waals surface area contributed by atoms with Gasteiger partial charge < -0.3 is 5.73 Å². The summed E-state index contributed by atoms with van der Waals surface area (Å²) in [6.45, 7) is 0. The zero-order valence-corrected chi connectivity index (χ0v) is 9.62. The number of hydrogen-bond donors (Lipinski definition) is 1. The SMILES string of the molecule is Nc1ccc(Sc2nccs2)cc1[N+](=O)[O-]. The molecule has 0 fully saturated rings. The minimum atomic E-state index is -0.485. The van der Waals surface area contributed by atoms with Crippen molar-refractivity contribution >= 4 is 34.5 Å². The lowest BCUT2D eigenvalue weighted by atomic mass is 10.3. The third kappa shape index (κ3) is 2.31. The highest BCUT2D eigenvalue weighted by Crippen LogP contribution is 2.33. The van der Waals surface area contributed by atoms with E-state index in [9.17, 15) is 10.1 Å². The molecule has 0 saturated heterocycles. The molecule has 16 heavy (non-hydrogen) atoms. The van der Waals surface area contributed by atoms with Crippen LogP contribution < -0.4 is 5.73 Å². The molecular formula is C9H7N3O2S2. The van der Waals surface area contributed by atoms with Gasteiger partial charge in [0.1, 0.15) is 5.69 Å². The number of aromatic nitrogens is 1. The van der Waals surface area contributed by atoms with Gasteiger partial charge in [-0.3, -0.25) is 10.1 Å². The highest BCUT2D eigenvalue weighted by Gasteiger charge is 2.12. The van der Waals surface area contributed by atoms with E-state index in [-0.39, 0.29) is 11.4 Å². The van der Waals surface area contributed by atoms with Crippen LogP contribution in [0.2, 0.25) is 0 Å². The summed E-state index contributed by atoms with van der Waals surface area (Å²) >= 11 is 2.87. The van der Waals surface area contributed by atoms with E-state index in [1.807, 2.05) is 5.38 Å². The topological polar surface area (TPSA) is 82.0 Å². The normalized spacial score (nSPS) is 10.2. The standard InChI is InChI=1S/C9H7N3O2S2/c10-7-2-1-6(5-8(7)12(13)14)16-9-11-3-4-15-9/h1-5H,10H2. The average Bonchev–Trinajstić information content (AvgIpc) is 2.73. The van der Waals surface area contributed by atoms with Crippen molar-refractivity contribution < 1.29 is 4.92 Å². The van der Waals surface area contributed by atoms with Crippen LogP contribution in [-0.2, 0) is 0 Å². The maximum Gasteiger partial charge on any atom is 0.293 e. The summed E-state index contributed by atoms with van der Waals surface area (Å²) in [5, 5.41) is 12.5. The smallest absolute Gasteiger partial charge is 0.293 e. The minimum absolute atomic E-state index is 0.0680. The number of benzene rings is 1. The van der Waals surface area contributed by atoms with Gasteiger partial charge in [-0.25, -0.2) is 4.98 Å². The number of hydrogen-bond acceptors (Lipinski definition) is 6. The third-order valence-corrected chi connectivity index (χ3v) is 3.69. The Labute approximate surface area is 99.5 Å². The predicted octanol–water partition coefficient (Wildman–Crippen LogP) is 2.78. The largest absolute Gasteiger partial charge is 0.393 e. The molecule has 2 N–H and O–H groups in total. The second-order valence-corrected chi connectivity index (χ2v) is 5.09. The second kappa shape index (κ2) is 4.50. The molecule has 0 aliphatic carbocycles. The zero-order chi connectivity index (χ0) is 11.5. The first-order valence-electron chi connectivity index (χ1n) is 4.28. The van der Waals surface area contributed by atoms with Gasteiger partial charge in [0.05, 0.1) is 4.92 Å². The van der Waals surface area contributed by atoms with Gasteiger partial charge in [0, 0.05) is 22.5 Å². The molecular weight excluding hydrogens is 246 g/mol. The van der Waals surface area contributed by atoms with Crippen LogP contribution in [0.15, 0.2) is 39.0 Å². The molecule has 5 nitrogen and oxygen atoms in total. The van der Waals surface area contributed by atoms with Gasteiger partial charge in [-0.1, -0.05) is 11.8 Å². The molecule has 0 atom stereocenters. The highest BCUT2D eigenvalue weighted by molar-refractivity contribution is 8.01. The summed E-state index contributed by atoms with van der Waals surface area (Å²) in [6, 6.07) is 4.74. The number of nitrogens with zero attached hydrogens (tertiary/aromatic N) is 2. The Morgan fingerprint density at radius 1 is 1.50 bits per heavy atom. The lowest BCUT2D eigenvalue weighted by molar-refractivity contribution is -0.384. The summed E-state index contributed by atoms with van der Waals surface area (Å²) in [7, 11) is 0. The van der Waals surface area contributed by atoms with Crippen LogP contribution in [0.4, 0.5) is 11.4 Å². The molecule has 1 aromatic carbocycles. The Morgan fingerprint density at radius 2 is 2.31 bits per heavy atom. The molecule has 82 valence electrons. The van der Waals surface area contributed by atoms with Crippen molar-refractivity contribution in [3.63, 3.8) is 0 Å². The lowest BCUT2D eigenvalue weighted by Gasteiger charge is -2.00. The summed E-state index contributed by atoms with van der Waals surface area (Å²) < 4.78 is 0.846. The number of rotatable bonds is 3. The predicted molar refractivity (Wildman–Crippen MR) is 63.7 cm³/mol. The molecule has 0 aliphatic rings. The molecule has 7 heteroatoms. The molecule has 0 bridgehead atoms. The fourth-order valence-electron chi connectivity index (χ4n) is 1.11. The van der Waals surface area contributed by atoms with Crippen molar-refractivity contribution in [2.24, 2.45) is 0 Å². The van der Waals surface area contributed by atoms with Crippen LogP contribution >= 0.6 is 23.1 Å². The number of nitrogen functional groups attached to an aromatic ring is 1. The Hall–Kier alpha value is -1.60. The molecule has 2 rings (SSSR count). The molecule has 1 heterocycles. The van der Waals surface area contributed by atoms with E-state index < -0.39 is 4.92 Å². The quantitative estimate of drug-likeness (QED) is 0.516. The van der Waals surface area contributed by atoms with Crippen molar-refractivity contribution in [1.82, 2.24) is 4.98 Å². The van der Waals surface area contributed by atoms with Crippen LogP contribution in [-0.4, -0.2) is 9.91 Å². The fourth-order valence-corrected chi connectivity index (χ4v) is 2.74. The van der Waals surface area contributed by atoms with Gasteiger partial charge in [0.2, 0.25) is 0 Å². The molecule has 0 radical (unpaired) electrons. The number of thiazole rings is 1. The molecule has 0 saturated carbocycles. The molecule has 0 unspecified atom stereocenters. The van der Waals surface area contributed by atoms with Crippen molar-refractivity contribution in [3.05, 3.63) is 39.9 Å². The average molecular weight is 253 g/mol. The van der Waals surface area contributed by atoms with E-state index in [1.54, 1.807) is 12.3 Å². The van der Waals surface area contributed by atoms with Crippen LogP contribution in [0, 0.1) is 10.1 Å². The first kappa shape index (κ1) is 10.9. The van der Waals surface area contributed by atoms with E-state index in [1.165, 1.54) is 35.2 Å². The second-order valence-electron chi connectivity index (χ2n) is 2.88. The van der Waals surface area contributed by atoms with Gasteiger partial charge in [-0.2, -0.15) is 0 Å². The van der Waals surface area contributed by atoms with Gasteiger partial charge in [0.25, 0.3) is 5.69 Å². The van der Waals surface area contributed by atoms with E-state index in [4.69, 9.17) is 5.73 Å². The summed E-state index contributed by atoms with van der Waals surface area (Å²) in [5.41, 5.74) is 5.61. The molecule has 1 aromatic heterocycles. The lowest BCUT2D eigenvalue weighted by Crippen LogP contribution is -1.95. The van der Waals surface area contributed by atoms with Crippen LogP contribution in [0.5, 0.6) is 0 Å². The molecule has 0 aliphatic heterocycles. The Morgan fingerprint density at radius 3 is 2.94 bits per heavy atom. The maximum atomic E-state index is 10.7. The molecule has 2 aromatic rings. The van der Waals surface area contributed by atoms with Gasteiger partial charge in [0.15, 0.2) is 4.34 Å². The van der Waals surface area contributed by atoms with Crippen LogP contribution in [0.1, 0.15) is 0 Å². The number of anilines is 1. The first-order chi connectivity index (χ1) is 7.66. The number of nitro benzene ring substituents is 1. The van der Waals surface area contributed by atoms with E-state index >= 15 is 0 Å². The maximum absolute atomic E-state index is 10.7. The highest BCUT2D eigenvalue weighted by atomic mass is 32.2. The first-order valence-corrected chi connectivity index (χ1v) is 5.97. The van der Waals surface area contributed by atoms with E-state index in [0.717, 1.165) is 9.24 Å². The van der Waals surface area contributed by atoms with E-state index in [2.05, 4.69) is 4.98 Å². The summed E-state index contributed by atoms with van der Waals surface area (Å²) in [4.78, 5) is 15.0. The van der Waals surface area contributed by atoms with Crippen molar-refractivity contribution in [2.75, 3.05) is 5.73 Å². The monoisotopic (exact) mass is 253 g/mol. The van der Waals surface area contributed by atoms with Crippen molar-refractivity contribution in [2.45, 2.75) is 9.24 Å². The Bertz CT molecular complexity index is 513. The Balaban J connectivity index is 2.29. The van der Waals surface area contributed by atoms with Crippen molar-refractivity contribution in [1.29, 1.82) is 0 Å². The zero-order valence-electron chi connectivity index (χ0n) is 7.99. The third-order valence-electron chi connectivity index (χ3n) is 1.81. The summed E-state index contributed by atoms with van der Waals surface area (Å²) in [6.07, 6.45) is 1.69. The number of nitro groups is 1. The molecule has 0 spiro atoms. The molecule has 0 amide bonds. The minimum Gasteiger partial charge on any atom is -0.393 e. The van der Waals surface area contributed by atoms with Crippen LogP contribution in [0.25, 0.3) is 0 Å². The van der Waals surface area contributed by atoms with Gasteiger partial charge in [-0.15, -0.1) is 11.3 Å². The number of nitrogens with two attached hydrogens (primary N) is 1. The Kier molecular flexibility index (Phi) is 3.07. The van der Waals surface area contributed by atoms with Crippen LogP contribution in [0.3, 0.4) is 0 Å². The van der Waals surface area contributed by atoms with Crippen molar-refractivity contribution in [3.8, 4) is 0 Å². The fraction of sp³-hybridized carbons (Fsp3) is 0. The van der Waals surface area contributed by atoms with Gasteiger partial charge in [-0.05, 0) is 12.1 Å². The van der Waals surface area contributed by atoms with Gasteiger partial charge >= 0.3 is 0 Å².